The van der Waals surface area contributed by atoms with Crippen LogP contribution in [-0.4, -0.2) is 45.1 Å². The van der Waals surface area contributed by atoms with E-state index in [9.17, 15) is 14.4 Å². The van der Waals surface area contributed by atoms with E-state index in [0.29, 0.717) is 5.69 Å². The molecule has 2 rings (SSSR count). The monoisotopic (exact) mass is 375 g/mol. The van der Waals surface area contributed by atoms with Crippen LogP contribution in [0.1, 0.15) is 39.5 Å². The van der Waals surface area contributed by atoms with Crippen molar-refractivity contribution >= 4 is 17.9 Å². The Bertz CT molecular complexity index is 804. The molecule has 27 heavy (non-hydrogen) atoms. The molecule has 0 spiro atoms. The summed E-state index contributed by atoms with van der Waals surface area (Å²) in [6.45, 7) is 5.19. The lowest BCUT2D eigenvalue weighted by molar-refractivity contribution is -0.182. The number of carbonyl (C=O) groups excluding carboxylic acids is 3. The number of rotatable bonds is 7. The Labute approximate surface area is 156 Å². The van der Waals surface area contributed by atoms with Crippen molar-refractivity contribution < 1.29 is 28.6 Å². The summed E-state index contributed by atoms with van der Waals surface area (Å²) in [5, 5.41) is 8.48. The first-order valence-electron chi connectivity index (χ1n) is 8.27. The van der Waals surface area contributed by atoms with Crippen molar-refractivity contribution in [3.63, 3.8) is 0 Å². The Morgan fingerprint density at radius 3 is 2.07 bits per heavy atom. The molecule has 1 aromatic heterocycles. The van der Waals surface area contributed by atoms with Gasteiger partial charge in [0.1, 0.15) is 11.8 Å². The van der Waals surface area contributed by atoms with E-state index in [4.69, 9.17) is 14.2 Å². The lowest BCUT2D eigenvalue weighted by Crippen LogP contribution is -2.39. The molecular formula is C18H21N3O6. The van der Waals surface area contributed by atoms with Crippen LogP contribution >= 0.6 is 0 Å². The van der Waals surface area contributed by atoms with E-state index < -0.39 is 36.2 Å². The van der Waals surface area contributed by atoms with Crippen LogP contribution in [0.15, 0.2) is 36.5 Å². The van der Waals surface area contributed by atoms with Crippen LogP contribution < -0.4 is 0 Å². The van der Waals surface area contributed by atoms with Crippen LogP contribution in [0.3, 0.4) is 0 Å². The van der Waals surface area contributed by atoms with Gasteiger partial charge in [-0.25, -0.2) is 0 Å². The van der Waals surface area contributed by atoms with E-state index in [1.165, 1.54) is 38.7 Å². The lowest BCUT2D eigenvalue weighted by Gasteiger charge is -2.28. The molecule has 0 saturated heterocycles. The molecule has 0 bridgehead atoms. The number of para-hydroxylation sites is 1. The molecule has 0 fully saturated rings. The molecule has 0 saturated carbocycles. The topological polar surface area (TPSA) is 110 Å². The molecule has 0 unspecified atom stereocenters. The summed E-state index contributed by atoms with van der Waals surface area (Å²) in [5.41, 5.74) is 0.946. The van der Waals surface area contributed by atoms with Crippen molar-refractivity contribution in [2.24, 2.45) is 0 Å². The third kappa shape index (κ3) is 5.63. The quantitative estimate of drug-likeness (QED) is 0.532. The maximum atomic E-state index is 11.6. The lowest BCUT2D eigenvalue weighted by atomic mass is 10.1. The van der Waals surface area contributed by atoms with Gasteiger partial charge in [0.2, 0.25) is 0 Å². The van der Waals surface area contributed by atoms with Crippen LogP contribution in [0.5, 0.6) is 0 Å². The SMILES string of the molecule is CC(=O)O[C@H]([C@@H](C)OC(C)=O)[C@@H](OC(C)=O)c1cnn(-c2ccccc2)n1. The second-order valence-electron chi connectivity index (χ2n) is 5.81. The smallest absolute Gasteiger partial charge is 0.303 e. The number of esters is 3. The predicted molar refractivity (Wildman–Crippen MR) is 92.6 cm³/mol. The number of carbonyl (C=O) groups is 3. The Morgan fingerprint density at radius 1 is 0.926 bits per heavy atom. The Hall–Kier alpha value is -3.23. The Balaban J connectivity index is 2.39. The molecule has 3 atom stereocenters. The minimum absolute atomic E-state index is 0.249. The van der Waals surface area contributed by atoms with E-state index in [1.54, 1.807) is 12.1 Å². The van der Waals surface area contributed by atoms with Crippen molar-refractivity contribution in [2.75, 3.05) is 0 Å². The highest BCUT2D eigenvalue weighted by atomic mass is 16.6. The fraction of sp³-hybridized carbons (Fsp3) is 0.389. The average molecular weight is 375 g/mol. The zero-order valence-electron chi connectivity index (χ0n) is 15.5. The molecule has 0 aliphatic carbocycles. The van der Waals surface area contributed by atoms with Crippen molar-refractivity contribution in [2.45, 2.75) is 46.0 Å². The standard InChI is InChI=1S/C18H21N3O6/c1-11(25-12(2)22)17(26-13(3)23)18(27-14(4)24)16-10-19-21(20-16)15-8-6-5-7-9-15/h5-11,17-18H,1-4H3/t11-,17-,18+/m1/s1. The zero-order chi connectivity index (χ0) is 20.0. The van der Waals surface area contributed by atoms with Gasteiger partial charge in [0.15, 0.2) is 12.2 Å². The highest BCUT2D eigenvalue weighted by molar-refractivity contribution is 5.68. The summed E-state index contributed by atoms with van der Waals surface area (Å²) in [7, 11) is 0. The van der Waals surface area contributed by atoms with E-state index in [-0.39, 0.29) is 5.69 Å². The molecule has 9 nitrogen and oxygen atoms in total. The number of hydrogen-bond donors (Lipinski definition) is 0. The van der Waals surface area contributed by atoms with Gasteiger partial charge in [-0.1, -0.05) is 18.2 Å². The fourth-order valence-electron chi connectivity index (χ4n) is 2.49. The second kappa shape index (κ2) is 8.93. The molecule has 0 N–H and O–H groups in total. The molecule has 9 heteroatoms. The number of hydrogen-bond acceptors (Lipinski definition) is 8. The molecule has 1 aromatic carbocycles. The summed E-state index contributed by atoms with van der Waals surface area (Å²) in [6, 6.07) is 9.11. The maximum Gasteiger partial charge on any atom is 0.303 e. The van der Waals surface area contributed by atoms with Gasteiger partial charge in [0.25, 0.3) is 0 Å². The van der Waals surface area contributed by atoms with Crippen molar-refractivity contribution in [3.05, 3.63) is 42.2 Å². The predicted octanol–water partition coefficient (Wildman–Crippen LogP) is 1.75. The third-order valence-electron chi connectivity index (χ3n) is 3.50. The summed E-state index contributed by atoms with van der Waals surface area (Å²) >= 11 is 0. The van der Waals surface area contributed by atoms with Gasteiger partial charge >= 0.3 is 17.9 Å². The normalized spacial score (nSPS) is 13.9. The molecule has 0 amide bonds. The van der Waals surface area contributed by atoms with Gasteiger partial charge < -0.3 is 14.2 Å². The van der Waals surface area contributed by atoms with Crippen LogP contribution in [0.25, 0.3) is 5.69 Å². The number of aromatic nitrogens is 3. The number of ether oxygens (including phenoxy) is 3. The van der Waals surface area contributed by atoms with Gasteiger partial charge in [-0.05, 0) is 19.1 Å². The first-order chi connectivity index (χ1) is 12.8. The summed E-state index contributed by atoms with van der Waals surface area (Å²) in [6.07, 6.45) is -1.66. The molecule has 2 aromatic rings. The molecule has 0 aliphatic heterocycles. The largest absolute Gasteiger partial charge is 0.459 e. The van der Waals surface area contributed by atoms with E-state index in [2.05, 4.69) is 10.2 Å². The summed E-state index contributed by atoms with van der Waals surface area (Å²) in [4.78, 5) is 35.8. The highest BCUT2D eigenvalue weighted by Crippen LogP contribution is 2.26. The molecule has 0 radical (unpaired) electrons. The van der Waals surface area contributed by atoms with Crippen LogP contribution in [0.2, 0.25) is 0 Å². The highest BCUT2D eigenvalue weighted by Gasteiger charge is 2.37. The van der Waals surface area contributed by atoms with Crippen molar-refractivity contribution in [3.8, 4) is 5.69 Å². The molecule has 1 heterocycles. The molecule has 0 aliphatic rings. The minimum atomic E-state index is -1.10. The molecular weight excluding hydrogens is 354 g/mol. The van der Waals surface area contributed by atoms with E-state index in [0.717, 1.165) is 0 Å². The van der Waals surface area contributed by atoms with Gasteiger partial charge in [-0.15, -0.1) is 5.10 Å². The Kier molecular flexibility index (Phi) is 6.64. The third-order valence-corrected chi connectivity index (χ3v) is 3.50. The number of benzene rings is 1. The van der Waals surface area contributed by atoms with Crippen molar-refractivity contribution in [1.29, 1.82) is 0 Å². The second-order valence-corrected chi connectivity index (χ2v) is 5.81. The van der Waals surface area contributed by atoms with Crippen molar-refractivity contribution in [1.82, 2.24) is 15.0 Å². The van der Waals surface area contributed by atoms with E-state index in [1.807, 2.05) is 18.2 Å². The average Bonchev–Trinajstić information content (AvgIpc) is 3.07. The van der Waals surface area contributed by atoms with Crippen LogP contribution in [0.4, 0.5) is 0 Å². The zero-order valence-corrected chi connectivity index (χ0v) is 15.5. The maximum absolute atomic E-state index is 11.6. The van der Waals surface area contributed by atoms with Gasteiger partial charge in [-0.3, -0.25) is 14.4 Å². The summed E-state index contributed by atoms with van der Waals surface area (Å²) in [5.74, 6) is -1.79. The van der Waals surface area contributed by atoms with Crippen LogP contribution in [0, 0.1) is 0 Å². The van der Waals surface area contributed by atoms with Gasteiger partial charge in [0, 0.05) is 20.8 Å². The van der Waals surface area contributed by atoms with Gasteiger partial charge in [-0.2, -0.15) is 9.90 Å². The minimum Gasteiger partial charge on any atom is -0.459 e. The first-order valence-corrected chi connectivity index (χ1v) is 8.27. The fourth-order valence-corrected chi connectivity index (χ4v) is 2.49. The number of nitrogens with zero attached hydrogens (tertiary/aromatic N) is 3. The molecule has 144 valence electrons. The summed E-state index contributed by atoms with van der Waals surface area (Å²) < 4.78 is 15.7. The van der Waals surface area contributed by atoms with Crippen LogP contribution in [-0.2, 0) is 28.6 Å². The first kappa shape index (κ1) is 20.1. The van der Waals surface area contributed by atoms with Gasteiger partial charge in [0.05, 0.1) is 11.9 Å². The Morgan fingerprint density at radius 2 is 1.52 bits per heavy atom. The van der Waals surface area contributed by atoms with E-state index >= 15 is 0 Å².